The molecule has 11 heteroatoms. The number of thiol groups is 1. The molecule has 3 fully saturated rings. The third-order valence-electron chi connectivity index (χ3n) is 7.78. The minimum absolute atomic E-state index is 0.0740. The molecule has 2 saturated heterocycles. The van der Waals surface area contributed by atoms with Gasteiger partial charge in [0.25, 0.3) is 0 Å². The molecule has 0 bridgehead atoms. The highest BCUT2D eigenvalue weighted by molar-refractivity contribution is 7.96. The fourth-order valence-corrected chi connectivity index (χ4v) is 5.80. The van der Waals surface area contributed by atoms with Gasteiger partial charge in [-0.25, -0.2) is 4.79 Å². The normalized spacial score (nSPS) is 28.1. The molecule has 0 aromatic heterocycles. The van der Waals surface area contributed by atoms with Crippen LogP contribution in [0.4, 0.5) is 4.79 Å². The molecule has 0 aromatic carbocycles. The maximum Gasteiger partial charge on any atom is 0.408 e. The molecule has 4 amide bonds. The Hall–Kier alpha value is -2.30. The van der Waals surface area contributed by atoms with Gasteiger partial charge in [-0.05, 0) is 49.4 Å². The average molecular weight is 525 g/mol. The van der Waals surface area contributed by atoms with Gasteiger partial charge in [0.2, 0.25) is 22.8 Å². The summed E-state index contributed by atoms with van der Waals surface area (Å²) in [5.74, 6) is -1.27. The highest BCUT2D eigenvalue weighted by Gasteiger charge is 2.69. The Morgan fingerprint density at radius 1 is 1.19 bits per heavy atom. The van der Waals surface area contributed by atoms with E-state index in [0.717, 1.165) is 0 Å². The highest BCUT2D eigenvalue weighted by atomic mass is 32.1. The summed E-state index contributed by atoms with van der Waals surface area (Å²) in [4.78, 5) is 65.6. The molecule has 1 aliphatic carbocycles. The van der Waals surface area contributed by atoms with Crippen LogP contribution in [0, 0.1) is 28.6 Å². The number of nitrogens with zero attached hydrogens (tertiary/aromatic N) is 1. The van der Waals surface area contributed by atoms with E-state index in [1.165, 1.54) is 4.90 Å². The van der Waals surface area contributed by atoms with Crippen molar-refractivity contribution < 1.29 is 28.7 Å². The van der Waals surface area contributed by atoms with Crippen molar-refractivity contribution in [2.75, 3.05) is 13.1 Å². The number of fused-ring (bicyclic) bond motifs is 1. The lowest BCUT2D eigenvalue weighted by atomic mass is 9.85. The smallest absolute Gasteiger partial charge is 0.408 e. The molecular weight excluding hydrogens is 484 g/mol. The number of alkyl carbamates (subject to hydrolysis) is 1. The van der Waals surface area contributed by atoms with Crippen molar-refractivity contribution in [3.63, 3.8) is 0 Å². The van der Waals surface area contributed by atoms with Gasteiger partial charge in [0.05, 0.1) is 12.1 Å². The molecule has 0 unspecified atom stereocenters. The fraction of sp³-hybridized carbons (Fsp3) is 0.800. The molecule has 0 spiro atoms. The molecule has 6 atom stereocenters. The zero-order valence-electron chi connectivity index (χ0n) is 22.2. The van der Waals surface area contributed by atoms with E-state index in [-0.39, 0.29) is 47.5 Å². The van der Waals surface area contributed by atoms with Crippen LogP contribution in [0.15, 0.2) is 0 Å². The molecule has 36 heavy (non-hydrogen) atoms. The zero-order valence-corrected chi connectivity index (χ0v) is 23.1. The lowest BCUT2D eigenvalue weighted by molar-refractivity contribution is -0.144. The van der Waals surface area contributed by atoms with E-state index in [9.17, 15) is 24.0 Å². The molecule has 2 aliphatic heterocycles. The Labute approximate surface area is 218 Å². The van der Waals surface area contributed by atoms with E-state index >= 15 is 0 Å². The summed E-state index contributed by atoms with van der Waals surface area (Å²) in [5.41, 5.74) is -0.776. The lowest BCUT2D eigenvalue weighted by Crippen LogP contribution is -2.60. The predicted octanol–water partition coefficient (Wildman–Crippen LogP) is 1.49. The lowest BCUT2D eigenvalue weighted by Gasteiger charge is -2.37. The van der Waals surface area contributed by atoms with Gasteiger partial charge >= 0.3 is 6.09 Å². The van der Waals surface area contributed by atoms with Crippen LogP contribution in [0.2, 0.25) is 0 Å². The summed E-state index contributed by atoms with van der Waals surface area (Å²) in [6.45, 7) is 14.0. The van der Waals surface area contributed by atoms with Gasteiger partial charge in [-0.3, -0.25) is 19.2 Å². The summed E-state index contributed by atoms with van der Waals surface area (Å²) in [6.07, 6.45) is -0.300. The minimum atomic E-state index is -0.940. The Kier molecular flexibility index (Phi) is 8.03. The first-order valence-corrected chi connectivity index (χ1v) is 13.1. The largest absolute Gasteiger partial charge is 0.447 e. The first-order chi connectivity index (χ1) is 16.6. The number of carbonyl (C=O) groups excluding carboxylic acids is 5. The first kappa shape index (κ1) is 28.3. The van der Waals surface area contributed by atoms with E-state index in [0.29, 0.717) is 19.5 Å². The van der Waals surface area contributed by atoms with Crippen LogP contribution < -0.4 is 16.0 Å². The maximum atomic E-state index is 13.8. The summed E-state index contributed by atoms with van der Waals surface area (Å²) >= 11 is 3.95. The summed E-state index contributed by atoms with van der Waals surface area (Å²) in [5, 5.41) is 7.68. The van der Waals surface area contributed by atoms with Crippen molar-refractivity contribution in [2.24, 2.45) is 28.6 Å². The first-order valence-electron chi connectivity index (χ1n) is 12.6. The fourth-order valence-electron chi connectivity index (χ4n) is 5.63. The van der Waals surface area contributed by atoms with Crippen molar-refractivity contribution in [1.82, 2.24) is 20.9 Å². The van der Waals surface area contributed by atoms with Gasteiger partial charge in [0, 0.05) is 19.0 Å². The number of piperidine rings is 1. The summed E-state index contributed by atoms with van der Waals surface area (Å²) in [6, 6.07) is -2.65. The third kappa shape index (κ3) is 5.81. The third-order valence-corrected chi connectivity index (χ3v) is 8.09. The van der Waals surface area contributed by atoms with Crippen molar-refractivity contribution in [2.45, 2.75) is 85.5 Å². The predicted molar refractivity (Wildman–Crippen MR) is 136 cm³/mol. The number of carbonyl (C=O) groups is 5. The zero-order chi connectivity index (χ0) is 27.2. The van der Waals surface area contributed by atoms with Crippen LogP contribution >= 0.6 is 12.6 Å². The molecule has 202 valence electrons. The average Bonchev–Trinajstić information content (AvgIpc) is 3.08. The molecule has 3 N–H and O–H groups in total. The second-order valence-corrected chi connectivity index (χ2v) is 12.6. The van der Waals surface area contributed by atoms with E-state index in [2.05, 4.69) is 42.4 Å². The van der Waals surface area contributed by atoms with E-state index < -0.39 is 40.7 Å². The monoisotopic (exact) mass is 524 g/mol. The second-order valence-electron chi connectivity index (χ2n) is 12.2. The molecule has 0 radical (unpaired) electrons. The van der Waals surface area contributed by atoms with Crippen molar-refractivity contribution in [1.29, 1.82) is 0 Å². The molecule has 3 rings (SSSR count). The maximum absolute atomic E-state index is 13.8. The quantitative estimate of drug-likeness (QED) is 0.356. The Balaban J connectivity index is 1.81. The Bertz CT molecular complexity index is 930. The molecular formula is C25H40N4O6S. The SMILES string of the molecule is CC(C)OC(=O)N[C@H](C(=O)N1C[C@H]2[C@@H]([C@H]1C(=O)N[C@@H](C[C@@H]1CCNC1=O)C(=O)S)C2(C)C)C(C)(C)C. The Morgan fingerprint density at radius 2 is 1.83 bits per heavy atom. The van der Waals surface area contributed by atoms with Gasteiger partial charge in [-0.2, -0.15) is 0 Å². The number of likely N-dealkylation sites (tertiary alicyclic amines) is 1. The van der Waals surface area contributed by atoms with Crippen LogP contribution in [0.5, 0.6) is 0 Å². The van der Waals surface area contributed by atoms with E-state index in [1.807, 2.05) is 20.8 Å². The Morgan fingerprint density at radius 3 is 2.33 bits per heavy atom. The van der Waals surface area contributed by atoms with Gasteiger partial charge in [-0.1, -0.05) is 34.6 Å². The van der Waals surface area contributed by atoms with Crippen LogP contribution in [-0.2, 0) is 23.9 Å². The molecule has 1 saturated carbocycles. The number of rotatable bonds is 8. The number of amides is 4. The van der Waals surface area contributed by atoms with E-state index in [1.54, 1.807) is 13.8 Å². The van der Waals surface area contributed by atoms with Gasteiger partial charge in [0.15, 0.2) is 0 Å². The van der Waals surface area contributed by atoms with Crippen LogP contribution in [0.25, 0.3) is 0 Å². The van der Waals surface area contributed by atoms with Crippen molar-refractivity contribution >= 4 is 41.6 Å². The molecule has 3 aliphatic rings. The molecule has 0 aromatic rings. The number of hydrogen-bond donors (Lipinski definition) is 4. The van der Waals surface area contributed by atoms with Crippen molar-refractivity contribution in [3.05, 3.63) is 0 Å². The van der Waals surface area contributed by atoms with Gasteiger partial charge < -0.3 is 25.6 Å². The number of ether oxygens (including phenoxy) is 1. The standard InChI is InChI=1S/C25H40N4O6S/c1-12(2)35-23(34)28-18(24(3,4)5)21(32)29-11-14-16(25(14,6)7)17(29)20(31)27-15(22(33)36)10-13-8-9-26-19(13)30/h12-18H,8-11H2,1-7H3,(H,26,30)(H,27,31)(H,28,34)(H,33,36)/t13-,14-,15-,16-,17-,18+/m0/s1. The topological polar surface area (TPSA) is 134 Å². The molecule has 2 heterocycles. The second kappa shape index (κ2) is 10.2. The van der Waals surface area contributed by atoms with Crippen molar-refractivity contribution in [3.8, 4) is 0 Å². The van der Waals surface area contributed by atoms with E-state index in [4.69, 9.17) is 4.74 Å². The number of nitrogens with one attached hydrogen (secondary N) is 3. The van der Waals surface area contributed by atoms with Gasteiger partial charge in [0.1, 0.15) is 12.1 Å². The number of hydrogen-bond acceptors (Lipinski definition) is 6. The minimum Gasteiger partial charge on any atom is -0.447 e. The van der Waals surface area contributed by atoms with Crippen LogP contribution in [0.3, 0.4) is 0 Å². The summed E-state index contributed by atoms with van der Waals surface area (Å²) in [7, 11) is 0. The van der Waals surface area contributed by atoms with Gasteiger partial charge in [-0.15, -0.1) is 12.6 Å². The van der Waals surface area contributed by atoms with Crippen LogP contribution in [0.1, 0.15) is 61.3 Å². The van der Waals surface area contributed by atoms with Crippen LogP contribution in [-0.4, -0.2) is 71.1 Å². The summed E-state index contributed by atoms with van der Waals surface area (Å²) < 4.78 is 5.20. The molecule has 10 nitrogen and oxygen atoms in total. The highest BCUT2D eigenvalue weighted by Crippen LogP contribution is 2.65.